The third kappa shape index (κ3) is 8.41. The summed E-state index contributed by atoms with van der Waals surface area (Å²) in [6.45, 7) is 2.60. The Balaban J connectivity index is 3.66. The summed E-state index contributed by atoms with van der Waals surface area (Å²) in [5.74, 6) is -2.74. The largest absolute Gasteiger partial charge is 0.288 e. The number of thioether (sulfide) groups is 1. The molecule has 0 saturated heterocycles. The smallest absolute Gasteiger partial charge is 0.249 e. The Kier molecular flexibility index (Phi) is 6.24. The molecule has 0 spiro atoms. The van der Waals surface area contributed by atoms with Gasteiger partial charge in [-0.25, -0.2) is 13.2 Å². The third-order valence-corrected chi connectivity index (χ3v) is 2.50. The maximum absolute atomic E-state index is 12.9. The maximum Gasteiger partial charge on any atom is 0.249 e. The van der Waals surface area contributed by atoms with Crippen molar-refractivity contribution in [1.29, 1.82) is 0 Å². The lowest BCUT2D eigenvalue weighted by Crippen LogP contribution is -2.18. The van der Waals surface area contributed by atoms with E-state index in [1.165, 1.54) is 13.8 Å². The molecule has 0 bridgehead atoms. The summed E-state index contributed by atoms with van der Waals surface area (Å²) in [5, 5.41) is -0.167. The van der Waals surface area contributed by atoms with Gasteiger partial charge in [-0.05, 0) is 13.3 Å². The van der Waals surface area contributed by atoms with Gasteiger partial charge in [-0.3, -0.25) is 4.79 Å². The first-order chi connectivity index (χ1) is 6.33. The van der Waals surface area contributed by atoms with Crippen molar-refractivity contribution in [2.24, 2.45) is 0 Å². The lowest BCUT2D eigenvalue weighted by Gasteiger charge is -2.15. The first kappa shape index (κ1) is 13.8. The van der Waals surface area contributed by atoms with Crippen molar-refractivity contribution in [3.63, 3.8) is 0 Å². The zero-order valence-corrected chi connectivity index (χ0v) is 9.17. The van der Waals surface area contributed by atoms with E-state index in [0.29, 0.717) is 0 Å². The molecule has 0 radical (unpaired) electrons. The molecule has 0 aromatic rings. The minimum atomic E-state index is -2.84. The molecular weight excluding hydrogens is 213 g/mol. The molecule has 0 saturated carbocycles. The van der Waals surface area contributed by atoms with Crippen LogP contribution in [-0.2, 0) is 4.79 Å². The van der Waals surface area contributed by atoms with Crippen LogP contribution in [0.15, 0.2) is 0 Å². The fourth-order valence-corrected chi connectivity index (χ4v) is 1.57. The summed E-state index contributed by atoms with van der Waals surface area (Å²) in [6, 6.07) is 0. The van der Waals surface area contributed by atoms with E-state index in [0.717, 1.165) is 11.8 Å². The van der Waals surface area contributed by atoms with Gasteiger partial charge in [-0.1, -0.05) is 11.8 Å². The van der Waals surface area contributed by atoms with Crippen LogP contribution >= 0.6 is 11.8 Å². The van der Waals surface area contributed by atoms with Crippen molar-refractivity contribution >= 4 is 16.9 Å². The van der Waals surface area contributed by atoms with Gasteiger partial charge in [0.1, 0.15) is 0 Å². The van der Waals surface area contributed by atoms with Crippen LogP contribution in [0.4, 0.5) is 13.2 Å². The number of carbonyl (C=O) groups excluding carboxylic acids is 1. The molecule has 0 fully saturated rings. The van der Waals surface area contributed by atoms with E-state index >= 15 is 0 Å². The molecule has 0 heterocycles. The van der Waals surface area contributed by atoms with E-state index in [1.54, 1.807) is 0 Å². The topological polar surface area (TPSA) is 17.1 Å². The molecule has 0 aliphatic heterocycles. The fraction of sp³-hybridized carbons (Fsp3) is 0.889. The molecule has 0 aromatic heterocycles. The van der Waals surface area contributed by atoms with Crippen LogP contribution in [0.5, 0.6) is 0 Å². The Morgan fingerprint density at radius 1 is 1.43 bits per heavy atom. The normalized spacial score (nSPS) is 14.1. The summed E-state index contributed by atoms with van der Waals surface area (Å²) in [6.07, 6.45) is -2.12. The van der Waals surface area contributed by atoms with Crippen LogP contribution in [0.1, 0.15) is 33.1 Å². The zero-order valence-electron chi connectivity index (χ0n) is 8.36. The Bertz CT molecular complexity index is 183. The third-order valence-electron chi connectivity index (χ3n) is 1.68. The highest BCUT2D eigenvalue weighted by Gasteiger charge is 2.28. The lowest BCUT2D eigenvalue weighted by atomic mass is 10.1. The molecule has 0 N–H and O–H groups in total. The molecule has 14 heavy (non-hydrogen) atoms. The van der Waals surface area contributed by atoms with Crippen molar-refractivity contribution < 1.29 is 18.0 Å². The Hall–Kier alpha value is -0.190. The summed E-state index contributed by atoms with van der Waals surface area (Å²) < 4.78 is 38.2. The van der Waals surface area contributed by atoms with Crippen molar-refractivity contribution in [1.82, 2.24) is 0 Å². The number of rotatable bonds is 6. The van der Waals surface area contributed by atoms with Gasteiger partial charge in [0, 0.05) is 25.5 Å². The van der Waals surface area contributed by atoms with Crippen molar-refractivity contribution in [2.75, 3.05) is 5.75 Å². The Morgan fingerprint density at radius 2 is 2.00 bits per heavy atom. The molecule has 0 amide bonds. The number of halogens is 3. The van der Waals surface area contributed by atoms with Gasteiger partial charge >= 0.3 is 0 Å². The van der Waals surface area contributed by atoms with Gasteiger partial charge in [0.2, 0.25) is 5.92 Å². The average molecular weight is 228 g/mol. The quantitative estimate of drug-likeness (QED) is 0.692. The van der Waals surface area contributed by atoms with Crippen LogP contribution in [0.3, 0.4) is 0 Å². The van der Waals surface area contributed by atoms with Crippen LogP contribution < -0.4 is 0 Å². The second-order valence-electron chi connectivity index (χ2n) is 3.27. The molecule has 0 rings (SSSR count). The summed E-state index contributed by atoms with van der Waals surface area (Å²) in [4.78, 5) is 10.5. The van der Waals surface area contributed by atoms with E-state index in [2.05, 4.69) is 0 Å². The van der Waals surface area contributed by atoms with E-state index < -0.39 is 18.5 Å². The van der Waals surface area contributed by atoms with E-state index in [1.807, 2.05) is 0 Å². The maximum atomic E-state index is 12.9. The highest BCUT2D eigenvalue weighted by Crippen LogP contribution is 2.27. The molecule has 84 valence electrons. The SMILES string of the molecule is CC(=O)SCCC(F)(F)CCC(C)F. The molecular formula is C9H15F3OS. The number of hydrogen-bond donors (Lipinski definition) is 0. The number of carbonyl (C=O) groups is 1. The molecule has 0 aromatic carbocycles. The Morgan fingerprint density at radius 3 is 2.43 bits per heavy atom. The van der Waals surface area contributed by atoms with Crippen molar-refractivity contribution in [3.8, 4) is 0 Å². The predicted octanol–water partition coefficient (Wildman–Crippen LogP) is 3.43. The zero-order chi connectivity index (χ0) is 11.2. The first-order valence-electron chi connectivity index (χ1n) is 4.49. The molecule has 5 heteroatoms. The minimum absolute atomic E-state index is 0.100. The predicted molar refractivity (Wildman–Crippen MR) is 52.5 cm³/mol. The first-order valence-corrected chi connectivity index (χ1v) is 5.47. The van der Waals surface area contributed by atoms with E-state index in [4.69, 9.17) is 0 Å². The summed E-state index contributed by atoms with van der Waals surface area (Å²) >= 11 is 0.880. The van der Waals surface area contributed by atoms with Gasteiger partial charge in [-0.15, -0.1) is 0 Å². The number of hydrogen-bond acceptors (Lipinski definition) is 2. The molecule has 1 atom stereocenters. The highest BCUT2D eigenvalue weighted by atomic mass is 32.2. The monoisotopic (exact) mass is 228 g/mol. The highest BCUT2D eigenvalue weighted by molar-refractivity contribution is 8.13. The standard InChI is InChI=1S/C9H15F3OS/c1-7(10)3-4-9(11,12)5-6-14-8(2)13/h7H,3-6H2,1-2H3. The van der Waals surface area contributed by atoms with Gasteiger partial charge in [0.05, 0.1) is 6.17 Å². The number of alkyl halides is 3. The van der Waals surface area contributed by atoms with Crippen LogP contribution in [0, 0.1) is 0 Å². The van der Waals surface area contributed by atoms with Gasteiger partial charge < -0.3 is 0 Å². The van der Waals surface area contributed by atoms with Crippen LogP contribution in [0.2, 0.25) is 0 Å². The second-order valence-corrected chi connectivity index (χ2v) is 4.54. The van der Waals surface area contributed by atoms with E-state index in [-0.39, 0.29) is 23.7 Å². The summed E-state index contributed by atoms with van der Waals surface area (Å²) in [5.41, 5.74) is 0. The van der Waals surface area contributed by atoms with E-state index in [9.17, 15) is 18.0 Å². The van der Waals surface area contributed by atoms with Crippen molar-refractivity contribution in [2.45, 2.75) is 45.2 Å². The van der Waals surface area contributed by atoms with Gasteiger partial charge in [0.25, 0.3) is 0 Å². The molecule has 0 aliphatic carbocycles. The second kappa shape index (κ2) is 6.32. The molecule has 1 unspecified atom stereocenters. The van der Waals surface area contributed by atoms with Crippen LogP contribution in [0.25, 0.3) is 0 Å². The van der Waals surface area contributed by atoms with Gasteiger partial charge in [-0.2, -0.15) is 0 Å². The van der Waals surface area contributed by atoms with Gasteiger partial charge in [0.15, 0.2) is 5.12 Å². The van der Waals surface area contributed by atoms with Crippen LogP contribution in [-0.4, -0.2) is 23.0 Å². The average Bonchev–Trinajstić information content (AvgIpc) is 2.00. The lowest BCUT2D eigenvalue weighted by molar-refractivity contribution is -0.109. The molecule has 0 aliphatic rings. The molecule has 1 nitrogen and oxygen atoms in total. The summed E-state index contributed by atoms with van der Waals surface area (Å²) in [7, 11) is 0. The Labute approximate surface area is 86.4 Å². The fourth-order valence-electron chi connectivity index (χ4n) is 0.879. The van der Waals surface area contributed by atoms with Crippen molar-refractivity contribution in [3.05, 3.63) is 0 Å². The minimum Gasteiger partial charge on any atom is -0.288 e.